The van der Waals surface area contributed by atoms with Crippen LogP contribution in [0.15, 0.2) is 77.7 Å². The summed E-state index contributed by atoms with van der Waals surface area (Å²) in [6, 6.07) is 24.3. The molecular weight excluding hydrogens is 434 g/mol. The van der Waals surface area contributed by atoms with E-state index in [9.17, 15) is 9.59 Å². The molecule has 2 amide bonds. The molecule has 0 bridgehead atoms. The van der Waals surface area contributed by atoms with Crippen LogP contribution >= 0.6 is 11.8 Å². The zero-order valence-corrected chi connectivity index (χ0v) is 18.8. The van der Waals surface area contributed by atoms with Crippen molar-refractivity contribution in [2.24, 2.45) is 0 Å². The highest BCUT2D eigenvalue weighted by molar-refractivity contribution is 8.18. The summed E-state index contributed by atoms with van der Waals surface area (Å²) in [7, 11) is 0. The molecule has 33 heavy (non-hydrogen) atoms. The van der Waals surface area contributed by atoms with Gasteiger partial charge < -0.3 is 9.47 Å². The molecule has 2 aliphatic rings. The van der Waals surface area contributed by atoms with Gasteiger partial charge in [-0.1, -0.05) is 48.5 Å². The molecule has 166 valence electrons. The molecule has 5 rings (SSSR count). The smallest absolute Gasteiger partial charge is 0.290 e. The second-order valence-corrected chi connectivity index (χ2v) is 9.14. The van der Waals surface area contributed by atoms with Crippen LogP contribution in [0.4, 0.5) is 4.79 Å². The first kappa shape index (κ1) is 21.3. The van der Waals surface area contributed by atoms with Gasteiger partial charge in [0, 0.05) is 6.42 Å². The number of benzene rings is 3. The minimum atomic E-state index is -0.337. The fourth-order valence-corrected chi connectivity index (χ4v) is 4.68. The molecule has 2 heterocycles. The maximum absolute atomic E-state index is 11.8. The average Bonchev–Trinajstić information content (AvgIpc) is 3.15. The predicted octanol–water partition coefficient (Wildman–Crippen LogP) is 5.53. The van der Waals surface area contributed by atoms with E-state index in [0.29, 0.717) is 11.5 Å². The van der Waals surface area contributed by atoms with E-state index in [0.717, 1.165) is 59.2 Å². The van der Waals surface area contributed by atoms with Gasteiger partial charge in [-0.05, 0) is 77.2 Å². The molecule has 0 saturated carbocycles. The van der Waals surface area contributed by atoms with Crippen molar-refractivity contribution >= 4 is 29.0 Å². The highest BCUT2D eigenvalue weighted by atomic mass is 32.2. The highest BCUT2D eigenvalue weighted by Gasteiger charge is 2.25. The van der Waals surface area contributed by atoms with E-state index in [-0.39, 0.29) is 17.3 Å². The largest absolute Gasteiger partial charge is 0.490 e. The number of fused-ring (bicyclic) bond motifs is 1. The Balaban J connectivity index is 1.18. The van der Waals surface area contributed by atoms with Crippen molar-refractivity contribution in [1.82, 2.24) is 5.32 Å². The van der Waals surface area contributed by atoms with Gasteiger partial charge in [0.25, 0.3) is 11.1 Å². The number of rotatable bonds is 6. The van der Waals surface area contributed by atoms with Gasteiger partial charge >= 0.3 is 0 Å². The van der Waals surface area contributed by atoms with Crippen molar-refractivity contribution in [3.05, 3.63) is 100.0 Å². The summed E-state index contributed by atoms with van der Waals surface area (Å²) >= 11 is 0.932. The van der Waals surface area contributed by atoms with Gasteiger partial charge in [-0.15, -0.1) is 0 Å². The molecule has 2 aliphatic heterocycles. The molecule has 1 fully saturated rings. The van der Waals surface area contributed by atoms with Crippen LogP contribution in [-0.4, -0.2) is 17.3 Å². The lowest BCUT2D eigenvalue weighted by atomic mass is 9.96. The van der Waals surface area contributed by atoms with Crippen molar-refractivity contribution in [2.75, 3.05) is 0 Å². The molecular formula is C27H23NO4S. The average molecular weight is 458 g/mol. The minimum absolute atomic E-state index is 0.117. The fourth-order valence-electron chi connectivity index (χ4n) is 4.00. The van der Waals surface area contributed by atoms with Crippen LogP contribution < -0.4 is 14.8 Å². The Hall–Kier alpha value is -3.51. The topological polar surface area (TPSA) is 64.6 Å². The van der Waals surface area contributed by atoms with Crippen molar-refractivity contribution in [1.29, 1.82) is 0 Å². The summed E-state index contributed by atoms with van der Waals surface area (Å²) in [5.41, 5.74) is 4.38. The Kier molecular flexibility index (Phi) is 6.17. The Bertz CT molecular complexity index is 1200. The third-order valence-corrected chi connectivity index (χ3v) is 6.50. The van der Waals surface area contributed by atoms with Crippen LogP contribution in [0, 0.1) is 0 Å². The summed E-state index contributed by atoms with van der Waals surface area (Å²) in [6.45, 7) is 0.557. The molecule has 5 nitrogen and oxygen atoms in total. The first-order valence-corrected chi connectivity index (χ1v) is 11.7. The normalized spacial score (nSPS) is 18.5. The molecule has 0 spiro atoms. The summed E-state index contributed by atoms with van der Waals surface area (Å²) in [5, 5.41) is 1.95. The predicted molar refractivity (Wildman–Crippen MR) is 129 cm³/mol. The van der Waals surface area contributed by atoms with Crippen molar-refractivity contribution in [3.8, 4) is 11.5 Å². The number of hydrogen-bond donors (Lipinski definition) is 1. The third kappa shape index (κ3) is 5.29. The molecule has 6 heteroatoms. The van der Waals surface area contributed by atoms with Crippen molar-refractivity contribution in [2.45, 2.75) is 32.0 Å². The van der Waals surface area contributed by atoms with Crippen LogP contribution in [-0.2, 0) is 24.2 Å². The number of carbonyl (C=O) groups is 2. The number of aryl methyl sites for hydroxylation is 1. The number of imide groups is 1. The van der Waals surface area contributed by atoms with Gasteiger partial charge in [-0.25, -0.2) is 0 Å². The highest BCUT2D eigenvalue weighted by Crippen LogP contribution is 2.32. The van der Waals surface area contributed by atoms with Gasteiger partial charge in [0.15, 0.2) is 0 Å². The van der Waals surface area contributed by atoms with Crippen molar-refractivity contribution < 1.29 is 19.1 Å². The molecule has 0 aliphatic carbocycles. The van der Waals surface area contributed by atoms with E-state index >= 15 is 0 Å². The molecule has 0 aromatic heterocycles. The molecule has 3 aromatic carbocycles. The fraction of sp³-hybridized carbons (Fsp3) is 0.185. The van der Waals surface area contributed by atoms with E-state index < -0.39 is 0 Å². The maximum Gasteiger partial charge on any atom is 0.290 e. The lowest BCUT2D eigenvalue weighted by molar-refractivity contribution is -0.115. The molecule has 1 unspecified atom stereocenters. The van der Waals surface area contributed by atoms with Crippen LogP contribution in [0.2, 0.25) is 0 Å². The lowest BCUT2D eigenvalue weighted by Crippen LogP contribution is -2.25. The zero-order chi connectivity index (χ0) is 22.6. The van der Waals surface area contributed by atoms with Crippen LogP contribution in [0.1, 0.15) is 28.7 Å². The molecule has 1 N–H and O–H groups in total. The second kappa shape index (κ2) is 9.55. The summed E-state index contributed by atoms with van der Waals surface area (Å²) in [4.78, 5) is 23.5. The van der Waals surface area contributed by atoms with E-state index in [1.54, 1.807) is 6.08 Å². The Morgan fingerprint density at radius 3 is 2.58 bits per heavy atom. The quantitative estimate of drug-likeness (QED) is 0.494. The number of carbonyl (C=O) groups excluding carboxylic acids is 2. The Labute approximate surface area is 196 Å². The van der Waals surface area contributed by atoms with Crippen LogP contribution in [0.25, 0.3) is 6.08 Å². The van der Waals surface area contributed by atoms with E-state index in [1.807, 2.05) is 48.5 Å². The Morgan fingerprint density at radius 1 is 1.00 bits per heavy atom. The first-order chi connectivity index (χ1) is 16.1. The molecule has 1 atom stereocenters. The number of ether oxygens (including phenoxy) is 2. The number of hydrogen-bond acceptors (Lipinski definition) is 5. The van der Waals surface area contributed by atoms with E-state index in [2.05, 4.69) is 29.6 Å². The van der Waals surface area contributed by atoms with E-state index in [1.165, 1.54) is 5.56 Å². The number of thioether (sulfide) groups is 1. The monoisotopic (exact) mass is 457 g/mol. The van der Waals surface area contributed by atoms with Gasteiger partial charge in [-0.3, -0.25) is 14.9 Å². The maximum atomic E-state index is 11.8. The molecule has 3 aromatic rings. The van der Waals surface area contributed by atoms with E-state index in [4.69, 9.17) is 9.47 Å². The molecule has 1 saturated heterocycles. The van der Waals surface area contributed by atoms with Gasteiger partial charge in [-0.2, -0.15) is 0 Å². The second-order valence-electron chi connectivity index (χ2n) is 8.12. The van der Waals surface area contributed by atoms with Gasteiger partial charge in [0.1, 0.15) is 24.2 Å². The van der Waals surface area contributed by atoms with Gasteiger partial charge in [0.05, 0.1) is 4.91 Å². The first-order valence-electron chi connectivity index (χ1n) is 10.9. The molecule has 0 radical (unpaired) electrons. The van der Waals surface area contributed by atoms with Crippen molar-refractivity contribution in [3.63, 3.8) is 0 Å². The van der Waals surface area contributed by atoms with Crippen LogP contribution in [0.5, 0.6) is 11.5 Å². The summed E-state index contributed by atoms with van der Waals surface area (Å²) in [5.74, 6) is 1.40. The van der Waals surface area contributed by atoms with Crippen LogP contribution in [0.3, 0.4) is 0 Å². The minimum Gasteiger partial charge on any atom is -0.490 e. The number of nitrogens with one attached hydrogen (secondary N) is 1. The summed E-state index contributed by atoms with van der Waals surface area (Å²) in [6.07, 6.45) is 4.54. The third-order valence-electron chi connectivity index (χ3n) is 5.69. The number of amides is 2. The summed E-state index contributed by atoms with van der Waals surface area (Å²) < 4.78 is 12.1. The lowest BCUT2D eigenvalue weighted by Gasteiger charge is -2.26. The van der Waals surface area contributed by atoms with Gasteiger partial charge in [0.2, 0.25) is 0 Å². The Morgan fingerprint density at radius 2 is 1.82 bits per heavy atom. The SMILES string of the molecule is O=C1NC(=O)/C(=C/c2ccc3c(c2)CCC(Cc2ccc(OCc4ccccc4)cc2)O3)S1. The standard InChI is InChI=1S/C27H23NO4S/c29-26-25(33-27(30)28-26)16-20-8-13-24-21(14-20)9-12-23(32-24)15-18-6-10-22(11-7-18)31-17-19-4-2-1-3-5-19/h1-8,10-11,13-14,16,23H,9,12,15,17H2,(H,28,29,30)/b25-16-. The zero-order valence-electron chi connectivity index (χ0n) is 18.0.